The summed E-state index contributed by atoms with van der Waals surface area (Å²) in [4.78, 5) is 0. The number of hydrogen-bond donors (Lipinski definition) is 0. The van der Waals surface area contributed by atoms with Crippen molar-refractivity contribution in [3.05, 3.63) is 132 Å². The van der Waals surface area contributed by atoms with Crippen LogP contribution in [-0.4, -0.2) is 0 Å². The molecule has 8 aromatic rings. The first-order valence-corrected chi connectivity index (χ1v) is 15.7. The highest BCUT2D eigenvalue weighted by atomic mass is 32.1. The number of thiophene rings is 2. The zero-order chi connectivity index (χ0) is 29.8. The molecule has 44 heavy (non-hydrogen) atoms. The normalized spacial score (nSPS) is 11.1. The summed E-state index contributed by atoms with van der Waals surface area (Å²) in [5, 5.41) is 35.7. The number of fused-ring (bicyclic) bond motifs is 6. The Morgan fingerprint density at radius 2 is 1.05 bits per heavy atom. The average molecular weight is 594 g/mol. The van der Waals surface area contributed by atoms with E-state index >= 15 is 0 Å². The van der Waals surface area contributed by atoms with Gasteiger partial charge in [-0.15, -0.1) is 22.7 Å². The first-order chi connectivity index (χ1) is 21.7. The van der Waals surface area contributed by atoms with Gasteiger partial charge in [0.2, 0.25) is 0 Å². The molecule has 0 saturated carbocycles. The number of rotatable bonds is 3. The molecule has 0 spiro atoms. The molecule has 0 saturated heterocycles. The molecule has 0 fully saturated rings. The molecular weight excluding hydrogens is 575 g/mol. The van der Waals surface area contributed by atoms with Crippen LogP contribution in [0.5, 0.6) is 0 Å². The van der Waals surface area contributed by atoms with E-state index in [0.29, 0.717) is 27.8 Å². The largest absolute Gasteiger partial charge is 0.192 e. The van der Waals surface area contributed by atoms with E-state index in [-0.39, 0.29) is 0 Å². The van der Waals surface area contributed by atoms with E-state index in [2.05, 4.69) is 91.0 Å². The Hall–Kier alpha value is -5.77. The Morgan fingerprint density at radius 3 is 1.80 bits per heavy atom. The fourth-order valence-corrected chi connectivity index (χ4v) is 8.70. The van der Waals surface area contributed by atoms with Crippen LogP contribution < -0.4 is 0 Å². The zero-order valence-electron chi connectivity index (χ0n) is 23.1. The van der Waals surface area contributed by atoms with Gasteiger partial charge in [0.05, 0.1) is 28.8 Å². The first-order valence-electron chi connectivity index (χ1n) is 14.0. The van der Waals surface area contributed by atoms with Gasteiger partial charge >= 0.3 is 0 Å². The Bertz CT molecular complexity index is 2570. The lowest BCUT2D eigenvalue weighted by molar-refractivity contribution is 1.42. The summed E-state index contributed by atoms with van der Waals surface area (Å²) in [6.45, 7) is 0. The van der Waals surface area contributed by atoms with Crippen molar-refractivity contribution in [3.8, 4) is 51.6 Å². The van der Waals surface area contributed by atoms with Crippen molar-refractivity contribution < 1.29 is 0 Å². The van der Waals surface area contributed by atoms with Gasteiger partial charge in [-0.3, -0.25) is 0 Å². The minimum atomic E-state index is 0.364. The second-order valence-corrected chi connectivity index (χ2v) is 12.7. The summed E-state index contributed by atoms with van der Waals surface area (Å²) >= 11 is 3.48. The van der Waals surface area contributed by atoms with Crippen molar-refractivity contribution in [2.75, 3.05) is 0 Å². The zero-order valence-corrected chi connectivity index (χ0v) is 24.8. The van der Waals surface area contributed by atoms with Gasteiger partial charge in [0.15, 0.2) is 0 Å². The fraction of sp³-hybridized carbons (Fsp3) is 0. The van der Waals surface area contributed by atoms with Crippen LogP contribution in [0.4, 0.5) is 0 Å². The molecule has 0 atom stereocenters. The van der Waals surface area contributed by atoms with E-state index in [9.17, 15) is 15.8 Å². The monoisotopic (exact) mass is 593 g/mol. The Morgan fingerprint density at radius 1 is 0.455 bits per heavy atom. The van der Waals surface area contributed by atoms with Crippen LogP contribution >= 0.6 is 22.7 Å². The van der Waals surface area contributed by atoms with Crippen molar-refractivity contribution >= 4 is 63.0 Å². The van der Waals surface area contributed by atoms with Crippen molar-refractivity contribution in [2.24, 2.45) is 0 Å². The quantitative estimate of drug-likeness (QED) is 0.205. The topological polar surface area (TPSA) is 71.4 Å². The van der Waals surface area contributed by atoms with Gasteiger partial charge in [-0.05, 0) is 59.2 Å². The van der Waals surface area contributed by atoms with Crippen LogP contribution in [0.3, 0.4) is 0 Å². The van der Waals surface area contributed by atoms with Crippen LogP contribution in [0.25, 0.3) is 73.7 Å². The summed E-state index contributed by atoms with van der Waals surface area (Å²) in [7, 11) is 0. The summed E-state index contributed by atoms with van der Waals surface area (Å²) in [6.07, 6.45) is 0. The van der Waals surface area contributed by atoms with Gasteiger partial charge in [-0.1, -0.05) is 72.8 Å². The number of benzene rings is 6. The van der Waals surface area contributed by atoms with E-state index in [1.54, 1.807) is 40.9 Å². The second kappa shape index (κ2) is 10.2. The molecular formula is C39H19N3S2. The van der Waals surface area contributed by atoms with Crippen LogP contribution in [0.15, 0.2) is 115 Å². The van der Waals surface area contributed by atoms with E-state index in [0.717, 1.165) is 42.4 Å². The lowest BCUT2D eigenvalue weighted by Crippen LogP contribution is -1.97. The number of nitriles is 3. The molecule has 0 bridgehead atoms. The van der Waals surface area contributed by atoms with Gasteiger partial charge in [-0.25, -0.2) is 0 Å². The van der Waals surface area contributed by atoms with Crippen LogP contribution in [0.1, 0.15) is 16.7 Å². The van der Waals surface area contributed by atoms with E-state index in [1.807, 2.05) is 24.3 Å². The molecule has 6 aromatic carbocycles. The Balaban J connectivity index is 1.54. The van der Waals surface area contributed by atoms with Gasteiger partial charge in [0, 0.05) is 57.0 Å². The highest BCUT2D eigenvalue weighted by Crippen LogP contribution is 2.47. The number of hydrogen-bond acceptors (Lipinski definition) is 5. The minimum Gasteiger partial charge on any atom is -0.192 e. The molecule has 2 aromatic heterocycles. The maximum Gasteiger partial charge on any atom is 0.100 e. The molecule has 0 amide bonds. The molecule has 5 heteroatoms. The smallest absolute Gasteiger partial charge is 0.100 e. The molecule has 0 aliphatic heterocycles. The average Bonchev–Trinajstić information content (AvgIpc) is 3.66. The molecule has 2 heterocycles. The lowest BCUT2D eigenvalue weighted by atomic mass is 9.84. The Labute approximate surface area is 261 Å². The molecule has 0 unspecified atom stereocenters. The second-order valence-electron chi connectivity index (χ2n) is 10.6. The van der Waals surface area contributed by atoms with Crippen LogP contribution in [0.2, 0.25) is 0 Å². The molecule has 0 radical (unpaired) electrons. The summed E-state index contributed by atoms with van der Waals surface area (Å²) in [6, 6.07) is 45.6. The lowest BCUT2D eigenvalue weighted by Gasteiger charge is -2.17. The third-order valence-electron chi connectivity index (χ3n) is 8.23. The minimum absolute atomic E-state index is 0.364. The standard InChI is InChI=1S/C39H19N3S2/c40-20-23-8-5-9-24(21-41)37(23)32-19-25(26-12-6-14-29-27-10-1-3-15-34(27)44-39(26)29)18-31(33(32)22-42)28-13-7-17-36-38(28)30-11-2-4-16-35(30)43-36/h1-19H. The van der Waals surface area contributed by atoms with E-state index in [1.165, 1.54) is 20.2 Å². The maximum atomic E-state index is 10.8. The predicted molar refractivity (Wildman–Crippen MR) is 183 cm³/mol. The van der Waals surface area contributed by atoms with E-state index in [4.69, 9.17) is 0 Å². The first kappa shape index (κ1) is 25.9. The van der Waals surface area contributed by atoms with E-state index < -0.39 is 0 Å². The summed E-state index contributed by atoms with van der Waals surface area (Å²) in [5.41, 5.74) is 5.96. The predicted octanol–water partition coefficient (Wildman–Crippen LogP) is 11.0. The van der Waals surface area contributed by atoms with Gasteiger partial charge in [0.25, 0.3) is 0 Å². The molecule has 3 nitrogen and oxygen atoms in total. The van der Waals surface area contributed by atoms with Gasteiger partial charge in [-0.2, -0.15) is 15.8 Å². The molecule has 0 aliphatic carbocycles. The van der Waals surface area contributed by atoms with Crippen molar-refractivity contribution in [2.45, 2.75) is 0 Å². The van der Waals surface area contributed by atoms with Crippen molar-refractivity contribution in [3.63, 3.8) is 0 Å². The Kier molecular flexibility index (Phi) is 6.00. The maximum absolute atomic E-state index is 10.8. The summed E-state index contributed by atoms with van der Waals surface area (Å²) < 4.78 is 4.69. The third kappa shape index (κ3) is 3.84. The van der Waals surface area contributed by atoms with Crippen molar-refractivity contribution in [1.82, 2.24) is 0 Å². The van der Waals surface area contributed by atoms with Crippen LogP contribution in [0, 0.1) is 34.0 Å². The molecule has 0 aliphatic rings. The third-order valence-corrected chi connectivity index (χ3v) is 10.6. The van der Waals surface area contributed by atoms with Crippen LogP contribution in [-0.2, 0) is 0 Å². The molecule has 8 rings (SSSR count). The molecule has 0 N–H and O–H groups in total. The number of nitrogens with zero attached hydrogens (tertiary/aromatic N) is 3. The van der Waals surface area contributed by atoms with Gasteiger partial charge < -0.3 is 0 Å². The van der Waals surface area contributed by atoms with Gasteiger partial charge in [0.1, 0.15) is 6.07 Å². The van der Waals surface area contributed by atoms with Crippen molar-refractivity contribution in [1.29, 1.82) is 15.8 Å². The highest BCUT2D eigenvalue weighted by molar-refractivity contribution is 7.26. The molecule has 202 valence electrons. The summed E-state index contributed by atoms with van der Waals surface area (Å²) in [5.74, 6) is 0. The highest BCUT2D eigenvalue weighted by Gasteiger charge is 2.23. The SMILES string of the molecule is N#Cc1cccc(C#N)c1-c1cc(-c2cccc3c2sc2ccccc23)cc(-c2cccc3sc4ccccc4c23)c1C#N. The fourth-order valence-electron chi connectivity index (χ4n) is 6.33.